The van der Waals surface area contributed by atoms with Crippen LogP contribution in [0.4, 0.5) is 5.69 Å². The molecule has 2 N–H and O–H groups in total. The van der Waals surface area contributed by atoms with Crippen LogP contribution in [0.3, 0.4) is 0 Å². The van der Waals surface area contributed by atoms with Gasteiger partial charge in [0, 0.05) is 33.7 Å². The highest BCUT2D eigenvalue weighted by molar-refractivity contribution is 9.10. The molecule has 0 spiro atoms. The van der Waals surface area contributed by atoms with Gasteiger partial charge in [-0.15, -0.1) is 0 Å². The van der Waals surface area contributed by atoms with Crippen LogP contribution >= 0.6 is 27.5 Å². The van der Waals surface area contributed by atoms with E-state index in [9.17, 15) is 9.59 Å². The SMILES string of the molecule is C[C@H](NC(=O)c1ccc(N2CCCCC2=O)c(Br)c1)c1nc2c([nH]1)CCC(Cl)=C2. The number of allylic oxidation sites excluding steroid dienone is 1. The Balaban J connectivity index is 1.47. The maximum Gasteiger partial charge on any atom is 0.251 e. The van der Waals surface area contributed by atoms with Crippen LogP contribution in [0.2, 0.25) is 0 Å². The summed E-state index contributed by atoms with van der Waals surface area (Å²) in [5.74, 6) is 0.636. The fourth-order valence-electron chi connectivity index (χ4n) is 3.70. The quantitative estimate of drug-likeness (QED) is 0.670. The minimum Gasteiger partial charge on any atom is -0.344 e. The summed E-state index contributed by atoms with van der Waals surface area (Å²) in [6.45, 7) is 2.60. The number of anilines is 1. The lowest BCUT2D eigenvalue weighted by Gasteiger charge is -2.27. The lowest BCUT2D eigenvalue weighted by Crippen LogP contribution is -2.35. The number of benzene rings is 1. The van der Waals surface area contributed by atoms with E-state index >= 15 is 0 Å². The smallest absolute Gasteiger partial charge is 0.251 e. The van der Waals surface area contributed by atoms with Crippen molar-refractivity contribution in [2.24, 2.45) is 0 Å². The zero-order valence-electron chi connectivity index (χ0n) is 16.1. The number of imidazole rings is 1. The first-order valence-corrected chi connectivity index (χ1v) is 10.9. The van der Waals surface area contributed by atoms with E-state index in [1.807, 2.05) is 19.1 Å². The van der Waals surface area contributed by atoms with Crippen molar-refractivity contribution in [2.45, 2.75) is 45.1 Å². The van der Waals surface area contributed by atoms with Gasteiger partial charge in [0.2, 0.25) is 5.91 Å². The van der Waals surface area contributed by atoms with Crippen molar-refractivity contribution in [3.05, 3.63) is 50.5 Å². The average Bonchev–Trinajstić information content (AvgIpc) is 3.12. The molecule has 1 saturated heterocycles. The van der Waals surface area contributed by atoms with Crippen LogP contribution in [0.1, 0.15) is 66.2 Å². The van der Waals surface area contributed by atoms with E-state index in [1.165, 1.54) is 0 Å². The standard InChI is InChI=1S/C21H22BrClN4O2/c1-12(20-25-16-7-6-14(23)11-17(16)26-20)24-21(29)13-5-8-18(15(22)10-13)27-9-3-2-4-19(27)28/h5,8,10-12H,2-4,6-7,9H2,1H3,(H,24,29)(H,25,26)/t12-/m0/s1. The fourth-order valence-corrected chi connectivity index (χ4v) is 4.49. The van der Waals surface area contributed by atoms with Crippen molar-refractivity contribution in [1.29, 1.82) is 0 Å². The maximum absolute atomic E-state index is 12.7. The number of carbonyl (C=O) groups excluding carboxylic acids is 2. The number of aromatic amines is 1. The van der Waals surface area contributed by atoms with Crippen molar-refractivity contribution in [2.75, 3.05) is 11.4 Å². The number of H-pyrrole nitrogens is 1. The molecule has 1 atom stereocenters. The Morgan fingerprint density at radius 2 is 2.14 bits per heavy atom. The largest absolute Gasteiger partial charge is 0.344 e. The molecule has 2 heterocycles. The van der Waals surface area contributed by atoms with Crippen LogP contribution in [0, 0.1) is 0 Å². The molecule has 0 unspecified atom stereocenters. The molecule has 0 saturated carbocycles. The Morgan fingerprint density at radius 1 is 1.31 bits per heavy atom. The van der Waals surface area contributed by atoms with Crippen LogP contribution in [-0.2, 0) is 11.2 Å². The van der Waals surface area contributed by atoms with Crippen molar-refractivity contribution in [3.8, 4) is 0 Å². The van der Waals surface area contributed by atoms with E-state index in [1.54, 1.807) is 17.0 Å². The first kappa shape index (κ1) is 20.2. The molecule has 0 radical (unpaired) electrons. The number of carbonyl (C=O) groups is 2. The lowest BCUT2D eigenvalue weighted by atomic mass is 10.1. The number of amides is 2. The van der Waals surface area contributed by atoms with Crippen molar-refractivity contribution in [1.82, 2.24) is 15.3 Å². The number of hydrogen-bond acceptors (Lipinski definition) is 3. The monoisotopic (exact) mass is 476 g/mol. The molecule has 2 aliphatic rings. The predicted octanol–water partition coefficient (Wildman–Crippen LogP) is 4.71. The van der Waals surface area contributed by atoms with E-state index in [-0.39, 0.29) is 17.9 Å². The third kappa shape index (κ3) is 4.26. The number of aromatic nitrogens is 2. The summed E-state index contributed by atoms with van der Waals surface area (Å²) in [5, 5.41) is 3.78. The van der Waals surface area contributed by atoms with Crippen LogP contribution in [-0.4, -0.2) is 28.3 Å². The third-order valence-electron chi connectivity index (χ3n) is 5.32. The van der Waals surface area contributed by atoms with Crippen LogP contribution in [0.15, 0.2) is 27.7 Å². The zero-order chi connectivity index (χ0) is 20.5. The van der Waals surface area contributed by atoms with Crippen LogP contribution in [0.25, 0.3) is 6.08 Å². The van der Waals surface area contributed by atoms with Crippen LogP contribution in [0.5, 0.6) is 0 Å². The Kier molecular flexibility index (Phi) is 5.79. The normalized spacial score (nSPS) is 17.6. The first-order chi connectivity index (χ1) is 13.9. The van der Waals surface area contributed by atoms with Gasteiger partial charge in [-0.3, -0.25) is 9.59 Å². The van der Waals surface area contributed by atoms with Gasteiger partial charge in [-0.05, 0) is 72.8 Å². The minimum atomic E-state index is -0.276. The fraction of sp³-hybridized carbons (Fsp3) is 0.381. The van der Waals surface area contributed by atoms with Gasteiger partial charge >= 0.3 is 0 Å². The number of fused-ring (bicyclic) bond motifs is 1. The molecule has 1 aliphatic heterocycles. The van der Waals surface area contributed by atoms with Crippen molar-refractivity contribution in [3.63, 3.8) is 0 Å². The molecule has 29 heavy (non-hydrogen) atoms. The highest BCUT2D eigenvalue weighted by Gasteiger charge is 2.23. The maximum atomic E-state index is 12.7. The molecule has 1 aromatic heterocycles. The number of rotatable bonds is 4. The second kappa shape index (κ2) is 8.32. The molecule has 152 valence electrons. The number of halogens is 2. The second-order valence-corrected chi connectivity index (χ2v) is 8.78. The van der Waals surface area contributed by atoms with Crippen molar-refractivity contribution < 1.29 is 9.59 Å². The molecule has 2 amide bonds. The Hall–Kier alpha value is -2.12. The van der Waals surface area contributed by atoms with Crippen molar-refractivity contribution >= 4 is 51.1 Å². The summed E-state index contributed by atoms with van der Waals surface area (Å²) < 4.78 is 0.737. The summed E-state index contributed by atoms with van der Waals surface area (Å²) in [6, 6.07) is 5.06. The Labute approximate surface area is 182 Å². The second-order valence-electron chi connectivity index (χ2n) is 7.44. The van der Waals surface area contributed by atoms with E-state index in [0.717, 1.165) is 52.3 Å². The first-order valence-electron chi connectivity index (χ1n) is 9.78. The molecule has 1 aromatic carbocycles. The van der Waals surface area contributed by atoms with Gasteiger partial charge in [0.15, 0.2) is 0 Å². The van der Waals surface area contributed by atoms with Crippen LogP contribution < -0.4 is 10.2 Å². The zero-order valence-corrected chi connectivity index (χ0v) is 18.4. The highest BCUT2D eigenvalue weighted by Crippen LogP contribution is 2.30. The summed E-state index contributed by atoms with van der Waals surface area (Å²) in [5.41, 5.74) is 3.22. The molecule has 0 bridgehead atoms. The Bertz CT molecular complexity index is 1000. The van der Waals surface area contributed by atoms with Gasteiger partial charge in [0.25, 0.3) is 5.91 Å². The number of piperidine rings is 1. The van der Waals surface area contributed by atoms with Gasteiger partial charge < -0.3 is 15.2 Å². The van der Waals surface area contributed by atoms with Gasteiger partial charge in [-0.25, -0.2) is 4.98 Å². The molecular weight excluding hydrogens is 456 g/mol. The number of nitrogens with one attached hydrogen (secondary N) is 2. The Morgan fingerprint density at radius 3 is 2.90 bits per heavy atom. The molecule has 4 rings (SSSR count). The topological polar surface area (TPSA) is 78.1 Å². The summed E-state index contributed by atoms with van der Waals surface area (Å²) in [4.78, 5) is 34.6. The van der Waals surface area contributed by atoms with Gasteiger partial charge in [-0.2, -0.15) is 0 Å². The van der Waals surface area contributed by atoms with Gasteiger partial charge in [0.1, 0.15) is 5.82 Å². The summed E-state index contributed by atoms with van der Waals surface area (Å²) in [6.07, 6.45) is 5.99. The predicted molar refractivity (Wildman–Crippen MR) is 117 cm³/mol. The molecule has 1 fully saturated rings. The van der Waals surface area contributed by atoms with Gasteiger partial charge in [-0.1, -0.05) is 11.6 Å². The lowest BCUT2D eigenvalue weighted by molar-refractivity contribution is -0.119. The minimum absolute atomic E-state index is 0.124. The summed E-state index contributed by atoms with van der Waals surface area (Å²) in [7, 11) is 0. The molecule has 2 aromatic rings. The number of nitrogens with zero attached hydrogens (tertiary/aromatic N) is 2. The third-order valence-corrected chi connectivity index (χ3v) is 6.25. The molecule has 1 aliphatic carbocycles. The summed E-state index contributed by atoms with van der Waals surface area (Å²) >= 11 is 9.62. The van der Waals surface area contributed by atoms with E-state index in [4.69, 9.17) is 11.6 Å². The average molecular weight is 478 g/mol. The molecule has 8 heteroatoms. The molecular formula is C21H22BrClN4O2. The van der Waals surface area contributed by atoms with Gasteiger partial charge in [0.05, 0.1) is 17.4 Å². The van der Waals surface area contributed by atoms with E-state index in [2.05, 4.69) is 31.2 Å². The molecule has 6 nitrogen and oxygen atoms in total. The number of aryl methyl sites for hydroxylation is 1. The highest BCUT2D eigenvalue weighted by atomic mass is 79.9. The van der Waals surface area contributed by atoms with E-state index in [0.29, 0.717) is 24.4 Å². The number of hydrogen-bond donors (Lipinski definition) is 2. The van der Waals surface area contributed by atoms with E-state index < -0.39 is 0 Å².